The van der Waals surface area contributed by atoms with E-state index >= 15 is 0 Å². The van der Waals surface area contributed by atoms with Crippen molar-refractivity contribution in [1.29, 1.82) is 0 Å². The number of fused-ring (bicyclic) bond motifs is 1. The molecule has 2 N–H and O–H groups in total. The first-order chi connectivity index (χ1) is 13.5. The Kier molecular flexibility index (Phi) is 7.47. The molecule has 1 atom stereocenters. The zero-order valence-corrected chi connectivity index (χ0v) is 17.4. The van der Waals surface area contributed by atoms with E-state index in [1.165, 1.54) is 16.7 Å². The third kappa shape index (κ3) is 5.56. The summed E-state index contributed by atoms with van der Waals surface area (Å²) in [6, 6.07) is 7.37. The van der Waals surface area contributed by atoms with Crippen LogP contribution in [0.1, 0.15) is 19.3 Å². The number of benzene rings is 1. The van der Waals surface area contributed by atoms with Gasteiger partial charge in [0.05, 0.1) is 43.4 Å². The lowest BCUT2D eigenvalue weighted by Crippen LogP contribution is -3.05. The van der Waals surface area contributed by atoms with Crippen molar-refractivity contribution in [3.63, 3.8) is 0 Å². The molecule has 2 heterocycles. The number of thioether (sulfide) groups is 1. The van der Waals surface area contributed by atoms with Crippen LogP contribution in [0.5, 0.6) is 0 Å². The van der Waals surface area contributed by atoms with Crippen molar-refractivity contribution in [2.24, 2.45) is 0 Å². The number of carbonyl (C=O) groups excluding carboxylic acids is 1. The maximum Gasteiger partial charge on any atom is 0.262 e. The van der Waals surface area contributed by atoms with Crippen LogP contribution in [0.3, 0.4) is 0 Å². The van der Waals surface area contributed by atoms with Gasteiger partial charge in [0, 0.05) is 26.1 Å². The average molecular weight is 406 g/mol. The van der Waals surface area contributed by atoms with Gasteiger partial charge in [0.25, 0.3) is 5.56 Å². The maximum absolute atomic E-state index is 13.0. The van der Waals surface area contributed by atoms with Crippen molar-refractivity contribution in [3.05, 3.63) is 34.6 Å². The van der Waals surface area contributed by atoms with E-state index in [0.717, 1.165) is 32.4 Å². The molecule has 1 aromatic heterocycles. The monoisotopic (exact) mass is 405 g/mol. The van der Waals surface area contributed by atoms with Crippen molar-refractivity contribution in [2.45, 2.75) is 37.1 Å². The fraction of sp³-hybridized carbons (Fsp3) is 0.550. The van der Waals surface area contributed by atoms with Gasteiger partial charge in [-0.3, -0.25) is 14.2 Å². The topological polar surface area (TPSA) is 77.7 Å². The van der Waals surface area contributed by atoms with Crippen LogP contribution in [0, 0.1) is 0 Å². The van der Waals surface area contributed by atoms with E-state index in [-0.39, 0.29) is 23.3 Å². The Morgan fingerprint density at radius 2 is 2.21 bits per heavy atom. The Bertz CT molecular complexity index is 862. The number of nitrogens with one attached hydrogen (secondary N) is 2. The minimum absolute atomic E-state index is 0.0402. The number of aromatic nitrogens is 2. The molecule has 1 fully saturated rings. The highest BCUT2D eigenvalue weighted by Crippen LogP contribution is 2.18. The van der Waals surface area contributed by atoms with Gasteiger partial charge in [-0.05, 0) is 25.0 Å². The summed E-state index contributed by atoms with van der Waals surface area (Å²) in [7, 11) is 4.19. The van der Waals surface area contributed by atoms with Crippen LogP contribution in [0.4, 0.5) is 0 Å². The summed E-state index contributed by atoms with van der Waals surface area (Å²) in [5.74, 6) is 0.170. The van der Waals surface area contributed by atoms with Gasteiger partial charge >= 0.3 is 0 Å². The molecule has 7 nitrogen and oxygen atoms in total. The number of amides is 1. The fourth-order valence-corrected chi connectivity index (χ4v) is 4.12. The minimum atomic E-state index is -0.0628. The average Bonchev–Trinajstić information content (AvgIpc) is 3.20. The molecular weight excluding hydrogens is 376 g/mol. The van der Waals surface area contributed by atoms with Gasteiger partial charge in [0.2, 0.25) is 5.91 Å². The lowest BCUT2D eigenvalue weighted by atomic mass is 10.2. The third-order valence-electron chi connectivity index (χ3n) is 4.77. The van der Waals surface area contributed by atoms with Crippen molar-refractivity contribution in [2.75, 3.05) is 39.5 Å². The number of carbonyl (C=O) groups is 1. The number of hydrogen-bond acceptors (Lipinski definition) is 5. The van der Waals surface area contributed by atoms with E-state index in [9.17, 15) is 9.59 Å². The Morgan fingerprint density at radius 3 is 2.96 bits per heavy atom. The lowest BCUT2D eigenvalue weighted by Gasteiger charge is -2.14. The second-order valence-electron chi connectivity index (χ2n) is 7.41. The summed E-state index contributed by atoms with van der Waals surface area (Å²) >= 11 is 1.32. The van der Waals surface area contributed by atoms with Crippen molar-refractivity contribution < 1.29 is 14.4 Å². The molecule has 1 aliphatic rings. The third-order valence-corrected chi connectivity index (χ3v) is 5.74. The van der Waals surface area contributed by atoms with Gasteiger partial charge in [-0.2, -0.15) is 0 Å². The molecule has 1 saturated heterocycles. The molecule has 0 unspecified atom stereocenters. The Labute approximate surface area is 169 Å². The van der Waals surface area contributed by atoms with Crippen LogP contribution >= 0.6 is 11.8 Å². The van der Waals surface area contributed by atoms with Crippen LogP contribution in [0.15, 0.2) is 34.2 Å². The normalized spacial score (nSPS) is 16.8. The first kappa shape index (κ1) is 20.8. The van der Waals surface area contributed by atoms with E-state index in [1.807, 2.05) is 18.2 Å². The van der Waals surface area contributed by atoms with Gasteiger partial charge in [-0.15, -0.1) is 0 Å². The van der Waals surface area contributed by atoms with E-state index in [1.54, 1.807) is 10.6 Å². The van der Waals surface area contributed by atoms with Crippen LogP contribution in [0.2, 0.25) is 0 Å². The van der Waals surface area contributed by atoms with E-state index in [2.05, 4.69) is 24.4 Å². The predicted molar refractivity (Wildman–Crippen MR) is 111 cm³/mol. The van der Waals surface area contributed by atoms with Gasteiger partial charge < -0.3 is 15.0 Å². The first-order valence-corrected chi connectivity index (χ1v) is 10.8. The molecule has 8 heteroatoms. The molecule has 28 heavy (non-hydrogen) atoms. The van der Waals surface area contributed by atoms with Gasteiger partial charge in [-0.1, -0.05) is 23.9 Å². The van der Waals surface area contributed by atoms with E-state index < -0.39 is 0 Å². The summed E-state index contributed by atoms with van der Waals surface area (Å²) in [4.78, 5) is 31.2. The number of para-hydroxylation sites is 1. The SMILES string of the molecule is C[NH+](C)CCCn1c(SCC(=O)NC[C@@H]2CCCO2)nc2ccccc2c1=O. The van der Waals surface area contributed by atoms with Gasteiger partial charge in [0.1, 0.15) is 0 Å². The Hall–Kier alpha value is -1.90. The number of nitrogens with zero attached hydrogens (tertiary/aromatic N) is 2. The summed E-state index contributed by atoms with van der Waals surface area (Å²) < 4.78 is 7.24. The lowest BCUT2D eigenvalue weighted by molar-refractivity contribution is -0.858. The molecule has 0 bridgehead atoms. The highest BCUT2D eigenvalue weighted by molar-refractivity contribution is 7.99. The highest BCUT2D eigenvalue weighted by atomic mass is 32.2. The molecule has 1 aliphatic heterocycles. The van der Waals surface area contributed by atoms with Crippen molar-refractivity contribution in [1.82, 2.24) is 14.9 Å². The zero-order chi connectivity index (χ0) is 19.9. The van der Waals surface area contributed by atoms with Crippen LogP contribution in [-0.4, -0.2) is 61.1 Å². The van der Waals surface area contributed by atoms with Crippen molar-refractivity contribution >= 4 is 28.6 Å². The number of ether oxygens (including phenoxy) is 1. The summed E-state index contributed by atoms with van der Waals surface area (Å²) in [5, 5.41) is 4.14. The number of hydrogen-bond donors (Lipinski definition) is 2. The molecule has 0 aliphatic carbocycles. The molecule has 0 spiro atoms. The summed E-state index contributed by atoms with van der Waals surface area (Å²) in [5.41, 5.74) is 0.630. The summed E-state index contributed by atoms with van der Waals surface area (Å²) in [6.07, 6.45) is 3.05. The van der Waals surface area contributed by atoms with Gasteiger partial charge in [-0.25, -0.2) is 4.98 Å². The summed E-state index contributed by atoms with van der Waals surface area (Å²) in [6.45, 7) is 2.88. The second kappa shape index (κ2) is 10.0. The zero-order valence-electron chi connectivity index (χ0n) is 16.6. The molecule has 1 amide bonds. The van der Waals surface area contributed by atoms with Crippen LogP contribution < -0.4 is 15.8 Å². The van der Waals surface area contributed by atoms with E-state index in [4.69, 9.17) is 4.74 Å². The number of quaternary nitrogens is 1. The predicted octanol–water partition coefficient (Wildman–Crippen LogP) is 0.318. The van der Waals surface area contributed by atoms with Crippen molar-refractivity contribution in [3.8, 4) is 0 Å². The Balaban J connectivity index is 1.70. The molecule has 0 radical (unpaired) electrons. The van der Waals surface area contributed by atoms with E-state index in [0.29, 0.717) is 29.1 Å². The number of rotatable bonds is 9. The minimum Gasteiger partial charge on any atom is -0.376 e. The fourth-order valence-electron chi connectivity index (χ4n) is 3.26. The Morgan fingerprint density at radius 1 is 1.39 bits per heavy atom. The smallest absolute Gasteiger partial charge is 0.262 e. The molecule has 1 aromatic carbocycles. The first-order valence-electron chi connectivity index (χ1n) is 9.84. The molecule has 2 aromatic rings. The molecule has 152 valence electrons. The van der Waals surface area contributed by atoms with Crippen LogP contribution in [-0.2, 0) is 16.1 Å². The van der Waals surface area contributed by atoms with Crippen LogP contribution in [0.25, 0.3) is 10.9 Å². The van der Waals surface area contributed by atoms with Gasteiger partial charge in [0.15, 0.2) is 5.16 Å². The standard InChI is InChI=1S/C20H28N4O3S/c1-23(2)10-6-11-24-19(26)16-8-3-4-9-17(16)22-20(24)28-14-18(25)21-13-15-7-5-12-27-15/h3-4,8-9,15H,5-7,10-14H2,1-2H3,(H,21,25)/p+1/t15-/m0/s1. The molecular formula is C20H29N4O3S+. The molecule has 0 saturated carbocycles. The highest BCUT2D eigenvalue weighted by Gasteiger charge is 2.17. The quantitative estimate of drug-likeness (QED) is 0.464. The maximum atomic E-state index is 13.0. The second-order valence-corrected chi connectivity index (χ2v) is 8.35. The molecule has 3 rings (SSSR count). The largest absolute Gasteiger partial charge is 0.376 e.